The van der Waals surface area contributed by atoms with Crippen LogP contribution in [0.4, 0.5) is 0 Å². The molecule has 5 N–H and O–H groups in total. The molecule has 5 nitrogen and oxygen atoms in total. The number of guanidine groups is 2. The van der Waals surface area contributed by atoms with Gasteiger partial charge in [0.1, 0.15) is 0 Å². The number of halogens is 3. The molecule has 1 rings (SSSR count). The van der Waals surface area contributed by atoms with Crippen LogP contribution in [-0.2, 0) is 6.54 Å². The lowest BCUT2D eigenvalue weighted by Crippen LogP contribution is -2.32. The Morgan fingerprint density at radius 2 is 1.95 bits per heavy atom. The van der Waals surface area contributed by atoms with Gasteiger partial charge in [-0.1, -0.05) is 29.3 Å². The van der Waals surface area contributed by atoms with Crippen LogP contribution in [0.3, 0.4) is 0 Å². The van der Waals surface area contributed by atoms with Gasteiger partial charge in [0.2, 0.25) is 5.96 Å². The second-order valence-corrected chi connectivity index (χ2v) is 4.44. The molecule has 19 heavy (non-hydrogen) atoms. The molecule has 0 radical (unpaired) electrons. The van der Waals surface area contributed by atoms with Gasteiger partial charge in [-0.05, 0) is 24.6 Å². The fourth-order valence-electron chi connectivity index (χ4n) is 1.39. The predicted molar refractivity (Wildman–Crippen MR) is 83.3 cm³/mol. The van der Waals surface area contributed by atoms with Crippen LogP contribution in [0.2, 0.25) is 10.0 Å². The Morgan fingerprint density at radius 1 is 1.32 bits per heavy atom. The Bertz CT molecular complexity index is 471. The standard InChI is InChI=1S/C11H15Cl2N5.ClH/c1-2-18(11(16)17-10(14)15)6-7-3-4-8(12)9(13)5-7;/h3-5H,2,6H2,1H3,(H5,14,15,16,17);1H. The summed E-state index contributed by atoms with van der Waals surface area (Å²) in [5.41, 5.74) is 11.4. The quantitative estimate of drug-likeness (QED) is 0.589. The zero-order chi connectivity index (χ0) is 13.7. The number of aliphatic imine (C=N–C) groups is 1. The van der Waals surface area contributed by atoms with Crippen LogP contribution in [0.25, 0.3) is 0 Å². The lowest BCUT2D eigenvalue weighted by Gasteiger charge is -2.21. The number of hydrogen-bond donors (Lipinski definition) is 3. The van der Waals surface area contributed by atoms with E-state index in [0.717, 1.165) is 5.56 Å². The zero-order valence-corrected chi connectivity index (χ0v) is 12.7. The molecular weight excluding hydrogens is 309 g/mol. The summed E-state index contributed by atoms with van der Waals surface area (Å²) in [6.07, 6.45) is 0. The van der Waals surface area contributed by atoms with Crippen molar-refractivity contribution in [2.75, 3.05) is 6.54 Å². The molecule has 0 atom stereocenters. The monoisotopic (exact) mass is 323 g/mol. The molecule has 0 aromatic heterocycles. The summed E-state index contributed by atoms with van der Waals surface area (Å²) in [5, 5.41) is 8.73. The highest BCUT2D eigenvalue weighted by atomic mass is 35.5. The molecule has 0 aliphatic rings. The fourth-order valence-corrected chi connectivity index (χ4v) is 1.71. The molecule has 0 spiro atoms. The van der Waals surface area contributed by atoms with Crippen LogP contribution >= 0.6 is 35.6 Å². The van der Waals surface area contributed by atoms with E-state index in [2.05, 4.69) is 4.99 Å². The summed E-state index contributed by atoms with van der Waals surface area (Å²) in [7, 11) is 0. The minimum atomic E-state index is -0.132. The van der Waals surface area contributed by atoms with E-state index in [1.54, 1.807) is 17.0 Å². The average molecular weight is 325 g/mol. The van der Waals surface area contributed by atoms with E-state index >= 15 is 0 Å². The molecule has 0 aliphatic carbocycles. The summed E-state index contributed by atoms with van der Waals surface area (Å²) >= 11 is 11.8. The first-order valence-corrected chi connectivity index (χ1v) is 6.06. The average Bonchev–Trinajstić information content (AvgIpc) is 2.29. The molecule has 1 aromatic carbocycles. The number of nitrogens with one attached hydrogen (secondary N) is 1. The first-order valence-electron chi connectivity index (χ1n) is 5.31. The highest BCUT2D eigenvalue weighted by Crippen LogP contribution is 2.23. The number of nitrogens with two attached hydrogens (primary N) is 2. The molecule has 106 valence electrons. The Balaban J connectivity index is 0.00000324. The summed E-state index contributed by atoms with van der Waals surface area (Å²) < 4.78 is 0. The molecule has 0 saturated carbocycles. The number of hydrogen-bond acceptors (Lipinski definition) is 1. The highest BCUT2D eigenvalue weighted by molar-refractivity contribution is 6.42. The minimum absolute atomic E-state index is 0. The second-order valence-electron chi connectivity index (χ2n) is 3.62. The maximum Gasteiger partial charge on any atom is 0.221 e. The Kier molecular flexibility index (Phi) is 7.59. The second kappa shape index (κ2) is 8.09. The van der Waals surface area contributed by atoms with Gasteiger partial charge in [-0.25, -0.2) is 0 Å². The number of rotatable bonds is 3. The van der Waals surface area contributed by atoms with Crippen molar-refractivity contribution in [3.63, 3.8) is 0 Å². The Hall–Kier alpha value is -1.17. The van der Waals surface area contributed by atoms with E-state index in [0.29, 0.717) is 23.1 Å². The molecule has 0 bridgehead atoms. The lowest BCUT2D eigenvalue weighted by atomic mass is 10.2. The van der Waals surface area contributed by atoms with Crippen molar-refractivity contribution in [2.24, 2.45) is 16.5 Å². The summed E-state index contributed by atoms with van der Waals surface area (Å²) in [4.78, 5) is 5.41. The van der Waals surface area contributed by atoms with Crippen molar-refractivity contribution in [2.45, 2.75) is 13.5 Å². The van der Waals surface area contributed by atoms with Gasteiger partial charge in [-0.2, -0.15) is 4.99 Å². The topological polar surface area (TPSA) is 91.5 Å². The highest BCUT2D eigenvalue weighted by Gasteiger charge is 2.09. The van der Waals surface area contributed by atoms with Crippen molar-refractivity contribution in [3.8, 4) is 0 Å². The van der Waals surface area contributed by atoms with Gasteiger partial charge in [0.15, 0.2) is 5.96 Å². The van der Waals surface area contributed by atoms with Gasteiger partial charge in [0.05, 0.1) is 10.0 Å². The van der Waals surface area contributed by atoms with Gasteiger partial charge in [-0.3, -0.25) is 5.41 Å². The molecular formula is C11H16Cl3N5. The van der Waals surface area contributed by atoms with Crippen LogP contribution in [0.15, 0.2) is 23.2 Å². The van der Waals surface area contributed by atoms with Crippen molar-refractivity contribution in [1.29, 1.82) is 5.41 Å². The van der Waals surface area contributed by atoms with Crippen LogP contribution in [0, 0.1) is 5.41 Å². The van der Waals surface area contributed by atoms with E-state index in [-0.39, 0.29) is 24.3 Å². The largest absolute Gasteiger partial charge is 0.370 e. The maximum absolute atomic E-state index is 7.74. The number of nitrogens with zero attached hydrogens (tertiary/aromatic N) is 2. The summed E-state index contributed by atoms with van der Waals surface area (Å²) in [5.74, 6) is -0.115. The van der Waals surface area contributed by atoms with Crippen molar-refractivity contribution < 1.29 is 0 Å². The molecule has 8 heteroatoms. The number of benzene rings is 1. The minimum Gasteiger partial charge on any atom is -0.370 e. The smallest absolute Gasteiger partial charge is 0.221 e. The molecule has 0 unspecified atom stereocenters. The van der Waals surface area contributed by atoms with Crippen LogP contribution < -0.4 is 11.5 Å². The van der Waals surface area contributed by atoms with E-state index in [9.17, 15) is 0 Å². The van der Waals surface area contributed by atoms with Gasteiger partial charge in [0, 0.05) is 13.1 Å². The zero-order valence-electron chi connectivity index (χ0n) is 10.4. The SMILES string of the molecule is CCN(Cc1ccc(Cl)c(Cl)c1)C(=N)N=C(N)N.Cl. The van der Waals surface area contributed by atoms with E-state index in [4.69, 9.17) is 40.1 Å². The molecule has 0 heterocycles. The maximum atomic E-state index is 7.74. The first-order chi connectivity index (χ1) is 8.43. The molecule has 0 aliphatic heterocycles. The lowest BCUT2D eigenvalue weighted by molar-refractivity contribution is 0.428. The van der Waals surface area contributed by atoms with Gasteiger partial charge >= 0.3 is 0 Å². The first kappa shape index (κ1) is 17.8. The van der Waals surface area contributed by atoms with Gasteiger partial charge in [-0.15, -0.1) is 12.4 Å². The van der Waals surface area contributed by atoms with E-state index < -0.39 is 0 Å². The van der Waals surface area contributed by atoms with E-state index in [1.165, 1.54) is 0 Å². The van der Waals surface area contributed by atoms with Crippen molar-refractivity contribution >= 4 is 47.5 Å². The predicted octanol–water partition coefficient (Wildman–Crippen LogP) is 2.45. The summed E-state index contributed by atoms with van der Waals surface area (Å²) in [6.45, 7) is 3.01. The van der Waals surface area contributed by atoms with Crippen LogP contribution in [0.1, 0.15) is 12.5 Å². The van der Waals surface area contributed by atoms with Crippen molar-refractivity contribution in [1.82, 2.24) is 4.90 Å². The molecule has 0 saturated heterocycles. The Labute approximate surface area is 128 Å². The molecule has 0 fully saturated rings. The molecule has 1 aromatic rings. The van der Waals surface area contributed by atoms with E-state index in [1.807, 2.05) is 13.0 Å². The Morgan fingerprint density at radius 3 is 2.42 bits per heavy atom. The van der Waals surface area contributed by atoms with Crippen LogP contribution in [0.5, 0.6) is 0 Å². The normalized spacial score (nSPS) is 9.42. The third-order valence-corrected chi connectivity index (χ3v) is 3.01. The fraction of sp³-hybridized carbons (Fsp3) is 0.273. The summed E-state index contributed by atoms with van der Waals surface area (Å²) in [6, 6.07) is 5.33. The third kappa shape index (κ3) is 5.55. The molecule has 0 amide bonds. The van der Waals surface area contributed by atoms with Gasteiger partial charge in [0.25, 0.3) is 0 Å². The van der Waals surface area contributed by atoms with Crippen molar-refractivity contribution in [3.05, 3.63) is 33.8 Å². The van der Waals surface area contributed by atoms with Gasteiger partial charge < -0.3 is 16.4 Å². The third-order valence-electron chi connectivity index (χ3n) is 2.27. The van der Waals surface area contributed by atoms with Crippen LogP contribution in [-0.4, -0.2) is 23.4 Å².